The summed E-state index contributed by atoms with van der Waals surface area (Å²) < 4.78 is 32.1. The summed E-state index contributed by atoms with van der Waals surface area (Å²) >= 11 is 0. The number of rotatable bonds is 6. The van der Waals surface area contributed by atoms with Crippen molar-refractivity contribution in [3.05, 3.63) is 47.4 Å². The number of aromatic nitrogens is 2. The molecule has 0 fully saturated rings. The van der Waals surface area contributed by atoms with Gasteiger partial charge in [0.2, 0.25) is 5.88 Å². The van der Waals surface area contributed by atoms with Crippen LogP contribution in [0.15, 0.2) is 30.6 Å². The molecule has 0 saturated carbocycles. The Morgan fingerprint density at radius 2 is 1.82 bits per heavy atom. The van der Waals surface area contributed by atoms with E-state index >= 15 is 0 Å². The van der Waals surface area contributed by atoms with Gasteiger partial charge in [0.25, 0.3) is 5.66 Å². The minimum absolute atomic E-state index is 0.0735. The molecule has 0 aliphatic carbocycles. The van der Waals surface area contributed by atoms with Crippen LogP contribution in [0, 0.1) is 0 Å². The molecule has 0 aliphatic heterocycles. The SMILES string of the molecule is CCCc1c(CC)ncnc1Oc1ccc(C(F)(F)P)cc1. The van der Waals surface area contributed by atoms with Crippen LogP contribution >= 0.6 is 9.24 Å². The highest BCUT2D eigenvalue weighted by molar-refractivity contribution is 7.17. The number of aryl methyl sites for hydroxylation is 1. The van der Waals surface area contributed by atoms with Crippen LogP contribution in [0.25, 0.3) is 0 Å². The van der Waals surface area contributed by atoms with Gasteiger partial charge in [-0.05, 0) is 37.1 Å². The third-order valence-electron chi connectivity index (χ3n) is 3.28. The molecule has 1 aromatic carbocycles. The Kier molecular flexibility index (Phi) is 5.41. The number of benzene rings is 1. The van der Waals surface area contributed by atoms with Gasteiger partial charge in [-0.1, -0.05) is 29.5 Å². The van der Waals surface area contributed by atoms with E-state index in [1.54, 1.807) is 0 Å². The first kappa shape index (κ1) is 16.8. The smallest absolute Gasteiger partial charge is 0.283 e. The third-order valence-corrected chi connectivity index (χ3v) is 3.62. The van der Waals surface area contributed by atoms with E-state index < -0.39 is 5.66 Å². The van der Waals surface area contributed by atoms with Gasteiger partial charge in [-0.25, -0.2) is 9.97 Å². The molecule has 118 valence electrons. The van der Waals surface area contributed by atoms with Gasteiger partial charge in [-0.3, -0.25) is 0 Å². The van der Waals surface area contributed by atoms with Crippen molar-refractivity contribution in [2.75, 3.05) is 0 Å². The van der Waals surface area contributed by atoms with E-state index in [4.69, 9.17) is 4.74 Å². The van der Waals surface area contributed by atoms with Gasteiger partial charge in [-0.2, -0.15) is 8.78 Å². The van der Waals surface area contributed by atoms with E-state index in [1.165, 1.54) is 39.8 Å². The minimum Gasteiger partial charge on any atom is -0.439 e. The molecular weight excluding hydrogens is 305 g/mol. The van der Waals surface area contributed by atoms with Crippen molar-refractivity contribution in [2.24, 2.45) is 0 Å². The third kappa shape index (κ3) is 3.98. The Morgan fingerprint density at radius 1 is 1.14 bits per heavy atom. The molecule has 0 saturated heterocycles. The van der Waals surface area contributed by atoms with Gasteiger partial charge in [0.1, 0.15) is 12.1 Å². The summed E-state index contributed by atoms with van der Waals surface area (Å²) in [6, 6.07) is 5.75. The molecule has 0 radical (unpaired) electrons. The van der Waals surface area contributed by atoms with Gasteiger partial charge >= 0.3 is 0 Å². The lowest BCUT2D eigenvalue weighted by molar-refractivity contribution is 0.104. The Morgan fingerprint density at radius 3 is 2.36 bits per heavy atom. The number of ether oxygens (including phenoxy) is 1. The maximum atomic E-state index is 13.2. The predicted molar refractivity (Wildman–Crippen MR) is 85.5 cm³/mol. The second kappa shape index (κ2) is 7.10. The highest BCUT2D eigenvalue weighted by atomic mass is 31.0. The molecule has 1 aromatic heterocycles. The lowest BCUT2D eigenvalue weighted by atomic mass is 10.1. The molecule has 0 aliphatic rings. The molecule has 0 N–H and O–H groups in total. The normalized spacial score (nSPS) is 11.5. The minimum atomic E-state index is -2.93. The second-order valence-corrected chi connectivity index (χ2v) is 5.68. The summed E-state index contributed by atoms with van der Waals surface area (Å²) in [6.45, 7) is 4.10. The second-order valence-electron chi connectivity index (χ2n) is 4.96. The average molecular weight is 324 g/mol. The Bertz CT molecular complexity index is 627. The molecule has 0 amide bonds. The van der Waals surface area contributed by atoms with Crippen LogP contribution in [-0.2, 0) is 18.5 Å². The summed E-state index contributed by atoms with van der Waals surface area (Å²) in [5, 5.41) is 0. The molecule has 0 spiro atoms. The highest BCUT2D eigenvalue weighted by Crippen LogP contribution is 2.36. The molecule has 1 unspecified atom stereocenters. The van der Waals surface area contributed by atoms with Gasteiger partial charge in [-0.15, -0.1) is 0 Å². The fourth-order valence-corrected chi connectivity index (χ4v) is 2.37. The first-order valence-corrected chi connectivity index (χ1v) is 7.81. The fourth-order valence-electron chi connectivity index (χ4n) is 2.18. The van der Waals surface area contributed by atoms with Crippen LogP contribution in [0.1, 0.15) is 37.1 Å². The van der Waals surface area contributed by atoms with Crippen LogP contribution in [0.3, 0.4) is 0 Å². The molecule has 0 bridgehead atoms. The van der Waals surface area contributed by atoms with Gasteiger partial charge in [0, 0.05) is 11.1 Å². The first-order valence-electron chi connectivity index (χ1n) is 7.23. The highest BCUT2D eigenvalue weighted by Gasteiger charge is 2.24. The lowest BCUT2D eigenvalue weighted by Crippen LogP contribution is -2.03. The largest absolute Gasteiger partial charge is 0.439 e. The van der Waals surface area contributed by atoms with Crippen LogP contribution in [0.5, 0.6) is 11.6 Å². The van der Waals surface area contributed by atoms with Crippen LogP contribution < -0.4 is 4.74 Å². The van der Waals surface area contributed by atoms with E-state index in [2.05, 4.69) is 16.9 Å². The number of hydrogen-bond donors (Lipinski definition) is 0. The quantitative estimate of drug-likeness (QED) is 0.722. The van der Waals surface area contributed by atoms with Crippen LogP contribution in [0.4, 0.5) is 8.78 Å². The molecule has 1 atom stereocenters. The molecule has 2 aromatic rings. The van der Waals surface area contributed by atoms with Crippen molar-refractivity contribution in [2.45, 2.75) is 38.8 Å². The average Bonchev–Trinajstić information content (AvgIpc) is 2.49. The zero-order chi connectivity index (χ0) is 16.2. The Hall–Kier alpha value is -1.61. The van der Waals surface area contributed by atoms with Gasteiger partial charge in [0.15, 0.2) is 0 Å². The first-order chi connectivity index (χ1) is 10.5. The van der Waals surface area contributed by atoms with E-state index in [0.29, 0.717) is 11.6 Å². The molecule has 1 heterocycles. The topological polar surface area (TPSA) is 35.0 Å². The summed E-state index contributed by atoms with van der Waals surface area (Å²) in [6.07, 6.45) is 4.04. The zero-order valence-electron chi connectivity index (χ0n) is 12.6. The predicted octanol–water partition coefficient (Wildman–Crippen LogP) is 4.71. The fraction of sp³-hybridized carbons (Fsp3) is 0.375. The van der Waals surface area contributed by atoms with E-state index in [9.17, 15) is 8.78 Å². The van der Waals surface area contributed by atoms with Crippen molar-refractivity contribution in [3.63, 3.8) is 0 Å². The Labute approximate surface area is 131 Å². The van der Waals surface area contributed by atoms with Crippen molar-refractivity contribution >= 4 is 9.24 Å². The summed E-state index contributed by atoms with van der Waals surface area (Å²) in [5.41, 5.74) is -1.07. The zero-order valence-corrected chi connectivity index (χ0v) is 13.8. The molecule has 6 heteroatoms. The van der Waals surface area contributed by atoms with Gasteiger partial charge in [0.05, 0.1) is 5.69 Å². The van der Waals surface area contributed by atoms with E-state index in [1.807, 2.05) is 6.92 Å². The van der Waals surface area contributed by atoms with Crippen molar-refractivity contribution in [1.82, 2.24) is 9.97 Å². The maximum absolute atomic E-state index is 13.2. The Balaban J connectivity index is 2.27. The molecule has 3 nitrogen and oxygen atoms in total. The van der Waals surface area contributed by atoms with Crippen LogP contribution in [-0.4, -0.2) is 9.97 Å². The lowest BCUT2D eigenvalue weighted by Gasteiger charge is -2.14. The number of hydrogen-bond acceptors (Lipinski definition) is 3. The van der Waals surface area contributed by atoms with Crippen molar-refractivity contribution < 1.29 is 13.5 Å². The number of alkyl halides is 2. The maximum Gasteiger partial charge on any atom is 0.283 e. The summed E-state index contributed by atoms with van der Waals surface area (Å²) in [4.78, 5) is 8.46. The van der Waals surface area contributed by atoms with Crippen molar-refractivity contribution in [1.29, 1.82) is 0 Å². The van der Waals surface area contributed by atoms with Crippen molar-refractivity contribution in [3.8, 4) is 11.6 Å². The number of nitrogens with zero attached hydrogens (tertiary/aromatic N) is 2. The standard InChI is InChI=1S/C16H19F2N2OP/c1-3-5-13-14(4-2)19-10-20-15(13)21-12-8-6-11(7-9-12)16(17,18)22/h6-10H,3-5,22H2,1-2H3. The van der Waals surface area contributed by atoms with Crippen LogP contribution in [0.2, 0.25) is 0 Å². The number of halogens is 2. The summed E-state index contributed by atoms with van der Waals surface area (Å²) in [5.74, 6) is 0.982. The molecule has 22 heavy (non-hydrogen) atoms. The monoisotopic (exact) mass is 324 g/mol. The summed E-state index contributed by atoms with van der Waals surface area (Å²) in [7, 11) is 1.52. The molecular formula is C16H19F2N2OP. The van der Waals surface area contributed by atoms with Gasteiger partial charge < -0.3 is 4.74 Å². The van der Waals surface area contributed by atoms with E-state index in [-0.39, 0.29) is 5.56 Å². The molecule has 2 rings (SSSR count). The van der Waals surface area contributed by atoms with E-state index in [0.717, 1.165) is 30.5 Å².